The Morgan fingerprint density at radius 1 is 1.00 bits per heavy atom. The molecule has 2 atom stereocenters. The lowest BCUT2D eigenvalue weighted by atomic mass is 9.98. The highest BCUT2D eigenvalue weighted by molar-refractivity contribution is 5.80. The van der Waals surface area contributed by atoms with E-state index in [4.69, 9.17) is 0 Å². The summed E-state index contributed by atoms with van der Waals surface area (Å²) >= 11 is 0. The lowest BCUT2D eigenvalue weighted by molar-refractivity contribution is -0.122. The number of nitrogens with one attached hydrogen (secondary N) is 1. The molecule has 1 aliphatic rings. The van der Waals surface area contributed by atoms with Crippen molar-refractivity contribution in [2.45, 2.75) is 25.8 Å². The van der Waals surface area contributed by atoms with Gasteiger partial charge >= 0.3 is 0 Å². The van der Waals surface area contributed by atoms with Crippen molar-refractivity contribution in [2.24, 2.45) is 5.92 Å². The quantitative estimate of drug-likeness (QED) is 0.905. The molecule has 102 valence electrons. The van der Waals surface area contributed by atoms with Crippen molar-refractivity contribution < 1.29 is 4.79 Å². The van der Waals surface area contributed by atoms with Crippen LogP contribution in [0.1, 0.15) is 18.9 Å². The molecule has 2 aromatic carbocycles. The first-order valence-electron chi connectivity index (χ1n) is 7.17. The monoisotopic (exact) mass is 265 g/mol. The molecule has 1 amide bonds. The molecule has 2 heteroatoms. The molecule has 0 aromatic heterocycles. The van der Waals surface area contributed by atoms with Crippen LogP contribution in [0, 0.1) is 5.92 Å². The van der Waals surface area contributed by atoms with Crippen LogP contribution in [0.5, 0.6) is 0 Å². The van der Waals surface area contributed by atoms with E-state index in [1.807, 2.05) is 13.0 Å². The van der Waals surface area contributed by atoms with Gasteiger partial charge < -0.3 is 5.32 Å². The Hall–Kier alpha value is -2.09. The third-order valence-electron chi connectivity index (χ3n) is 3.98. The van der Waals surface area contributed by atoms with E-state index in [9.17, 15) is 4.79 Å². The second-order valence-corrected chi connectivity index (χ2v) is 5.61. The number of benzene rings is 2. The number of rotatable bonds is 3. The summed E-state index contributed by atoms with van der Waals surface area (Å²) in [6.07, 6.45) is 1.87. The van der Waals surface area contributed by atoms with E-state index < -0.39 is 0 Å². The first kappa shape index (κ1) is 12.9. The Labute approximate surface area is 119 Å². The zero-order chi connectivity index (χ0) is 13.9. The predicted molar refractivity (Wildman–Crippen MR) is 81.3 cm³/mol. The van der Waals surface area contributed by atoms with Gasteiger partial charge in [-0.3, -0.25) is 4.79 Å². The number of hydrogen-bond acceptors (Lipinski definition) is 1. The Morgan fingerprint density at radius 3 is 2.25 bits per heavy atom. The van der Waals surface area contributed by atoms with Gasteiger partial charge in [0.1, 0.15) is 0 Å². The highest BCUT2D eigenvalue weighted by Gasteiger charge is 2.27. The highest BCUT2D eigenvalue weighted by Crippen LogP contribution is 2.22. The van der Waals surface area contributed by atoms with E-state index in [2.05, 4.69) is 53.8 Å². The molecule has 1 aliphatic heterocycles. The zero-order valence-corrected chi connectivity index (χ0v) is 11.7. The molecule has 0 aliphatic carbocycles. The standard InChI is InChI=1S/C18H19NO/c1-13-11-17(19-18(13)20)12-14-7-9-16(10-8-14)15-5-3-2-4-6-15/h2-10,13,17H,11-12H2,1H3,(H,19,20)/t13-,17-/m0/s1. The Balaban J connectivity index is 1.69. The summed E-state index contributed by atoms with van der Waals surface area (Å²) in [4.78, 5) is 11.5. The zero-order valence-electron chi connectivity index (χ0n) is 11.7. The van der Waals surface area contributed by atoms with Gasteiger partial charge in [0.2, 0.25) is 5.91 Å². The van der Waals surface area contributed by atoms with E-state index in [0.717, 1.165) is 12.8 Å². The summed E-state index contributed by atoms with van der Waals surface area (Å²) in [5.74, 6) is 0.347. The van der Waals surface area contributed by atoms with Gasteiger partial charge in [0.15, 0.2) is 0 Å². The molecule has 2 aromatic rings. The number of hydrogen-bond donors (Lipinski definition) is 1. The predicted octanol–water partition coefficient (Wildman–Crippen LogP) is 3.42. The van der Waals surface area contributed by atoms with E-state index in [1.165, 1.54) is 16.7 Å². The Kier molecular flexibility index (Phi) is 3.55. The summed E-state index contributed by atoms with van der Waals surface area (Å²) in [7, 11) is 0. The Bertz CT molecular complexity index is 589. The molecule has 2 nitrogen and oxygen atoms in total. The normalized spacial score (nSPS) is 21.8. The maximum absolute atomic E-state index is 11.5. The lowest BCUT2D eigenvalue weighted by Crippen LogP contribution is -2.27. The summed E-state index contributed by atoms with van der Waals surface area (Å²) in [6.45, 7) is 1.99. The number of amides is 1. The van der Waals surface area contributed by atoms with Crippen molar-refractivity contribution in [3.63, 3.8) is 0 Å². The molecule has 0 saturated carbocycles. The van der Waals surface area contributed by atoms with Crippen LogP contribution in [-0.4, -0.2) is 11.9 Å². The van der Waals surface area contributed by atoms with Crippen LogP contribution in [-0.2, 0) is 11.2 Å². The van der Waals surface area contributed by atoms with Crippen molar-refractivity contribution in [1.82, 2.24) is 5.32 Å². The summed E-state index contributed by atoms with van der Waals surface area (Å²) in [5, 5.41) is 3.06. The molecule has 20 heavy (non-hydrogen) atoms. The van der Waals surface area contributed by atoms with Crippen LogP contribution in [0.25, 0.3) is 11.1 Å². The summed E-state index contributed by atoms with van der Waals surface area (Å²) in [6, 6.07) is 19.3. The first-order valence-corrected chi connectivity index (χ1v) is 7.17. The average Bonchev–Trinajstić information content (AvgIpc) is 2.79. The van der Waals surface area contributed by atoms with E-state index in [1.54, 1.807) is 0 Å². The van der Waals surface area contributed by atoms with Crippen molar-refractivity contribution in [2.75, 3.05) is 0 Å². The van der Waals surface area contributed by atoms with Crippen LogP contribution < -0.4 is 5.32 Å². The molecule has 1 saturated heterocycles. The van der Waals surface area contributed by atoms with Gasteiger partial charge in [-0.25, -0.2) is 0 Å². The largest absolute Gasteiger partial charge is 0.353 e. The molecule has 1 heterocycles. The fraction of sp³-hybridized carbons (Fsp3) is 0.278. The molecule has 3 rings (SSSR count). The molecular weight excluding hydrogens is 246 g/mol. The molecule has 1 N–H and O–H groups in total. The van der Waals surface area contributed by atoms with E-state index in [0.29, 0.717) is 6.04 Å². The van der Waals surface area contributed by atoms with Crippen molar-refractivity contribution in [3.8, 4) is 11.1 Å². The maximum Gasteiger partial charge on any atom is 0.223 e. The van der Waals surface area contributed by atoms with Crippen LogP contribution in [0.15, 0.2) is 54.6 Å². The van der Waals surface area contributed by atoms with Gasteiger partial charge in [-0.15, -0.1) is 0 Å². The third-order valence-corrected chi connectivity index (χ3v) is 3.98. The minimum Gasteiger partial charge on any atom is -0.353 e. The summed E-state index contributed by atoms with van der Waals surface area (Å²) < 4.78 is 0. The van der Waals surface area contributed by atoms with Crippen LogP contribution in [0.4, 0.5) is 0 Å². The van der Waals surface area contributed by atoms with Gasteiger partial charge in [0.25, 0.3) is 0 Å². The topological polar surface area (TPSA) is 29.1 Å². The molecule has 0 unspecified atom stereocenters. The molecule has 0 spiro atoms. The number of carbonyl (C=O) groups is 1. The van der Waals surface area contributed by atoms with Crippen molar-refractivity contribution in [3.05, 3.63) is 60.2 Å². The summed E-state index contributed by atoms with van der Waals surface area (Å²) in [5.41, 5.74) is 3.75. The van der Waals surface area contributed by atoms with Gasteiger partial charge in [-0.2, -0.15) is 0 Å². The molecular formula is C18H19NO. The minimum atomic E-state index is 0.156. The Morgan fingerprint density at radius 2 is 1.65 bits per heavy atom. The second kappa shape index (κ2) is 5.49. The molecule has 1 fully saturated rings. The van der Waals surface area contributed by atoms with E-state index in [-0.39, 0.29) is 11.8 Å². The lowest BCUT2D eigenvalue weighted by Gasteiger charge is -2.10. The van der Waals surface area contributed by atoms with Gasteiger partial charge in [-0.05, 0) is 29.5 Å². The minimum absolute atomic E-state index is 0.156. The van der Waals surface area contributed by atoms with Crippen molar-refractivity contribution >= 4 is 5.91 Å². The van der Waals surface area contributed by atoms with Crippen LogP contribution >= 0.6 is 0 Å². The maximum atomic E-state index is 11.5. The second-order valence-electron chi connectivity index (χ2n) is 5.61. The molecule has 0 bridgehead atoms. The fourth-order valence-corrected chi connectivity index (χ4v) is 2.82. The van der Waals surface area contributed by atoms with E-state index >= 15 is 0 Å². The SMILES string of the molecule is C[C@H]1C[C@@H](Cc2ccc(-c3ccccc3)cc2)NC1=O. The fourth-order valence-electron chi connectivity index (χ4n) is 2.82. The van der Waals surface area contributed by atoms with Crippen LogP contribution in [0.2, 0.25) is 0 Å². The molecule has 0 radical (unpaired) electrons. The van der Waals surface area contributed by atoms with Gasteiger partial charge in [-0.1, -0.05) is 61.5 Å². The van der Waals surface area contributed by atoms with Gasteiger partial charge in [0.05, 0.1) is 0 Å². The smallest absolute Gasteiger partial charge is 0.223 e. The van der Waals surface area contributed by atoms with Crippen LogP contribution in [0.3, 0.4) is 0 Å². The highest BCUT2D eigenvalue weighted by atomic mass is 16.2. The third kappa shape index (κ3) is 2.74. The average molecular weight is 265 g/mol. The first-order chi connectivity index (χ1) is 9.72. The van der Waals surface area contributed by atoms with Crippen molar-refractivity contribution in [1.29, 1.82) is 0 Å². The van der Waals surface area contributed by atoms with Gasteiger partial charge in [0, 0.05) is 12.0 Å². The number of carbonyl (C=O) groups excluding carboxylic acids is 1.